The second-order valence-corrected chi connectivity index (χ2v) is 5.86. The van der Waals surface area contributed by atoms with Crippen molar-refractivity contribution in [2.75, 3.05) is 12.0 Å². The van der Waals surface area contributed by atoms with Crippen molar-refractivity contribution in [2.45, 2.75) is 36.2 Å². The Bertz CT molecular complexity index is 328. The zero-order chi connectivity index (χ0) is 11.4. The van der Waals surface area contributed by atoms with Crippen LogP contribution in [0.25, 0.3) is 0 Å². The number of aromatic nitrogens is 2. The lowest BCUT2D eigenvalue weighted by Crippen LogP contribution is -2.06. The molecule has 3 nitrogen and oxygen atoms in total. The maximum Gasteiger partial charge on any atom is 0.190 e. The van der Waals surface area contributed by atoms with E-state index in [-0.39, 0.29) is 0 Å². The van der Waals surface area contributed by atoms with Crippen LogP contribution in [-0.4, -0.2) is 21.5 Å². The van der Waals surface area contributed by atoms with Crippen LogP contribution in [0.5, 0.6) is 0 Å². The lowest BCUT2D eigenvalue weighted by molar-refractivity contribution is 0.641. The van der Waals surface area contributed by atoms with Gasteiger partial charge in [0.1, 0.15) is 10.8 Å². The normalized spacial score (nSPS) is 13.1. The maximum absolute atomic E-state index is 5.71. The molecule has 0 saturated carbocycles. The minimum atomic E-state index is 0.536. The third-order valence-corrected chi connectivity index (χ3v) is 4.04. The SMILES string of the molecule is CSc1nc(N)cc(SC(C)C(C)C)n1. The second-order valence-electron chi connectivity index (χ2n) is 3.68. The van der Waals surface area contributed by atoms with E-state index < -0.39 is 0 Å². The monoisotopic (exact) mass is 243 g/mol. The minimum absolute atomic E-state index is 0.536. The molecule has 0 aliphatic carbocycles. The summed E-state index contributed by atoms with van der Waals surface area (Å²) in [4.78, 5) is 8.53. The number of thioether (sulfide) groups is 2. The van der Waals surface area contributed by atoms with Gasteiger partial charge in [0.2, 0.25) is 0 Å². The van der Waals surface area contributed by atoms with Gasteiger partial charge < -0.3 is 5.73 Å². The Hall–Kier alpha value is -0.420. The zero-order valence-corrected chi connectivity index (χ0v) is 11.2. The molecule has 15 heavy (non-hydrogen) atoms. The van der Waals surface area contributed by atoms with Gasteiger partial charge in [0.15, 0.2) is 5.16 Å². The fraction of sp³-hybridized carbons (Fsp3) is 0.600. The molecule has 0 spiro atoms. The van der Waals surface area contributed by atoms with Gasteiger partial charge in [-0.1, -0.05) is 32.5 Å². The smallest absolute Gasteiger partial charge is 0.190 e. The van der Waals surface area contributed by atoms with Crippen LogP contribution in [0.2, 0.25) is 0 Å². The average molecular weight is 243 g/mol. The van der Waals surface area contributed by atoms with Crippen molar-refractivity contribution in [1.29, 1.82) is 0 Å². The Labute approximate surface area is 99.6 Å². The van der Waals surface area contributed by atoms with Crippen molar-refractivity contribution in [2.24, 2.45) is 5.92 Å². The van der Waals surface area contributed by atoms with Gasteiger partial charge >= 0.3 is 0 Å². The van der Waals surface area contributed by atoms with Crippen molar-refractivity contribution in [1.82, 2.24) is 9.97 Å². The molecule has 0 radical (unpaired) electrons. The lowest BCUT2D eigenvalue weighted by atomic mass is 10.2. The van der Waals surface area contributed by atoms with Gasteiger partial charge in [0, 0.05) is 11.3 Å². The molecular weight excluding hydrogens is 226 g/mol. The predicted molar refractivity (Wildman–Crippen MR) is 68.4 cm³/mol. The van der Waals surface area contributed by atoms with Crippen LogP contribution in [-0.2, 0) is 0 Å². The summed E-state index contributed by atoms with van der Waals surface area (Å²) in [6, 6.07) is 1.84. The molecule has 1 aromatic heterocycles. The van der Waals surface area contributed by atoms with Crippen molar-refractivity contribution >= 4 is 29.3 Å². The van der Waals surface area contributed by atoms with Gasteiger partial charge in [0.05, 0.1) is 0 Å². The molecule has 0 aliphatic rings. The topological polar surface area (TPSA) is 51.8 Å². The van der Waals surface area contributed by atoms with Crippen LogP contribution >= 0.6 is 23.5 Å². The Balaban J connectivity index is 2.80. The third-order valence-electron chi connectivity index (χ3n) is 2.13. The van der Waals surface area contributed by atoms with Crippen molar-refractivity contribution in [3.05, 3.63) is 6.07 Å². The van der Waals surface area contributed by atoms with E-state index in [1.54, 1.807) is 11.8 Å². The Morgan fingerprint density at radius 2 is 1.93 bits per heavy atom. The van der Waals surface area contributed by atoms with E-state index in [0.29, 0.717) is 17.0 Å². The maximum atomic E-state index is 5.71. The molecule has 1 rings (SSSR count). The molecule has 2 N–H and O–H groups in total. The molecule has 0 aromatic carbocycles. The van der Waals surface area contributed by atoms with E-state index in [1.807, 2.05) is 12.3 Å². The standard InChI is InChI=1S/C10H17N3S2/c1-6(2)7(3)15-9-5-8(11)12-10(13-9)14-4/h5-7H,1-4H3,(H2,11,12,13). The van der Waals surface area contributed by atoms with Crippen LogP contribution in [0.1, 0.15) is 20.8 Å². The molecule has 84 valence electrons. The summed E-state index contributed by atoms with van der Waals surface area (Å²) < 4.78 is 0. The van der Waals surface area contributed by atoms with Crippen LogP contribution in [0.3, 0.4) is 0 Å². The lowest BCUT2D eigenvalue weighted by Gasteiger charge is -2.14. The van der Waals surface area contributed by atoms with Gasteiger partial charge in [-0.2, -0.15) is 0 Å². The first kappa shape index (κ1) is 12.6. The van der Waals surface area contributed by atoms with Gasteiger partial charge in [-0.05, 0) is 12.2 Å². The predicted octanol–water partition coefficient (Wildman–Crippen LogP) is 2.92. The highest BCUT2D eigenvalue weighted by atomic mass is 32.2. The van der Waals surface area contributed by atoms with E-state index in [9.17, 15) is 0 Å². The van der Waals surface area contributed by atoms with E-state index in [2.05, 4.69) is 30.7 Å². The van der Waals surface area contributed by atoms with Crippen LogP contribution < -0.4 is 5.73 Å². The highest BCUT2D eigenvalue weighted by Gasteiger charge is 2.11. The Kier molecular flexibility index (Phi) is 4.73. The number of hydrogen-bond acceptors (Lipinski definition) is 5. The Morgan fingerprint density at radius 3 is 2.47 bits per heavy atom. The number of rotatable bonds is 4. The van der Waals surface area contributed by atoms with E-state index in [1.165, 1.54) is 11.8 Å². The number of anilines is 1. The number of nitrogens with zero attached hydrogens (tertiary/aromatic N) is 2. The van der Waals surface area contributed by atoms with Crippen molar-refractivity contribution in [3.63, 3.8) is 0 Å². The molecule has 0 amide bonds. The quantitative estimate of drug-likeness (QED) is 0.500. The molecule has 0 saturated heterocycles. The first-order valence-electron chi connectivity index (χ1n) is 4.88. The van der Waals surface area contributed by atoms with Gasteiger partial charge in [-0.15, -0.1) is 11.8 Å². The first-order chi connectivity index (χ1) is 7.02. The fourth-order valence-corrected chi connectivity index (χ4v) is 2.32. The first-order valence-corrected chi connectivity index (χ1v) is 6.98. The van der Waals surface area contributed by atoms with Gasteiger partial charge in [-0.3, -0.25) is 0 Å². The zero-order valence-electron chi connectivity index (χ0n) is 9.52. The molecule has 1 heterocycles. The highest BCUT2D eigenvalue weighted by molar-refractivity contribution is 8.00. The van der Waals surface area contributed by atoms with Crippen LogP contribution in [0.15, 0.2) is 16.2 Å². The summed E-state index contributed by atoms with van der Waals surface area (Å²) in [6.45, 7) is 6.61. The average Bonchev–Trinajstić information content (AvgIpc) is 2.16. The van der Waals surface area contributed by atoms with Crippen molar-refractivity contribution in [3.8, 4) is 0 Å². The molecule has 0 fully saturated rings. The summed E-state index contributed by atoms with van der Waals surface area (Å²) in [5.41, 5.74) is 5.71. The molecule has 1 aromatic rings. The van der Waals surface area contributed by atoms with E-state index >= 15 is 0 Å². The summed E-state index contributed by atoms with van der Waals surface area (Å²) in [7, 11) is 0. The van der Waals surface area contributed by atoms with Crippen LogP contribution in [0, 0.1) is 5.92 Å². The number of hydrogen-bond donors (Lipinski definition) is 1. The van der Waals surface area contributed by atoms with E-state index in [0.717, 1.165) is 10.2 Å². The van der Waals surface area contributed by atoms with Gasteiger partial charge in [-0.25, -0.2) is 9.97 Å². The Morgan fingerprint density at radius 1 is 1.27 bits per heavy atom. The summed E-state index contributed by atoms with van der Waals surface area (Å²) >= 11 is 3.27. The van der Waals surface area contributed by atoms with Gasteiger partial charge in [0.25, 0.3) is 0 Å². The molecular formula is C10H17N3S2. The fourth-order valence-electron chi connectivity index (χ4n) is 0.899. The molecule has 0 aliphatic heterocycles. The third kappa shape index (κ3) is 3.91. The van der Waals surface area contributed by atoms with Crippen molar-refractivity contribution < 1.29 is 0 Å². The minimum Gasteiger partial charge on any atom is -0.384 e. The molecule has 5 heteroatoms. The summed E-state index contributed by atoms with van der Waals surface area (Å²) in [5, 5.41) is 2.25. The molecule has 1 unspecified atom stereocenters. The highest BCUT2D eigenvalue weighted by Crippen LogP contribution is 2.28. The summed E-state index contributed by atoms with van der Waals surface area (Å²) in [6.07, 6.45) is 1.95. The number of nitrogens with two attached hydrogens (primary N) is 1. The number of nitrogen functional groups attached to an aromatic ring is 1. The second kappa shape index (κ2) is 5.61. The van der Waals surface area contributed by atoms with Crippen LogP contribution in [0.4, 0.5) is 5.82 Å². The summed E-state index contributed by atoms with van der Waals surface area (Å²) in [5.74, 6) is 1.18. The van der Waals surface area contributed by atoms with E-state index in [4.69, 9.17) is 5.73 Å². The molecule has 0 bridgehead atoms. The largest absolute Gasteiger partial charge is 0.384 e. The molecule has 1 atom stereocenters.